The number of aliphatic carboxylic acids is 2. The highest BCUT2D eigenvalue weighted by Crippen LogP contribution is 2.28. The Kier molecular flexibility index (Phi) is 31.7. The number of hydrogen-bond donors (Lipinski definition) is 17. The molecule has 38 heteroatoms. The standard InChI is InChI=1S/C68H100N18O20/c1-7-35(4)55(67(104)86-25-11-15-50(86)68(105)106)83-63(100)43(26-34(2)3)80-59(96)41(20-21-51(69)88)77-61(98)46(29-52(70)89)78-56(93)36(5)75-53(90)32-73-58(95)45(28-39-31-71-33-74-39)81-62(99)47(30-54(91)92)79-57(94)37(6)76-60(97)44(27-38-16-18-40(87)19-17-38)82-64(101)48-13-9-23-84(48)66(103)49-14-10-24-85(49)65(102)42-12-8-22-72-42/h16-19,31,33-37,41-50,55,72,87H,7-15,20-30,32H2,1-6H3,(H2,69,88)(H2,70,89)(H,71,74)(H,73,95)(H,75,90)(H,76,97)(H,77,98)(H,78,93)(H,79,94)(H,80,96)(H,81,99)(H,82,101)(H,83,100)(H,91,92)(H,105,106)/t35-,36-,37-,41-,42-,43-,44-,45-,46-,47-,48-,49-,50-,55-/m0/s1. The van der Waals surface area contributed by atoms with Gasteiger partial charge in [-0.2, -0.15) is 0 Å². The van der Waals surface area contributed by atoms with Crippen molar-refractivity contribution < 1.29 is 96.8 Å². The Morgan fingerprint density at radius 3 is 1.66 bits per heavy atom. The van der Waals surface area contributed by atoms with E-state index in [4.69, 9.17) is 11.5 Å². The number of phenols is 1. The molecule has 14 atom stereocenters. The normalized spacial score (nSPS) is 19.7. The summed E-state index contributed by atoms with van der Waals surface area (Å²) in [5.41, 5.74) is 11.6. The third-order valence-corrected chi connectivity index (χ3v) is 18.9. The van der Waals surface area contributed by atoms with Crippen molar-refractivity contribution in [2.45, 2.75) is 223 Å². The molecule has 0 radical (unpaired) electrons. The number of nitrogens with one attached hydrogen (secondary N) is 12. The van der Waals surface area contributed by atoms with Gasteiger partial charge < -0.3 is 105 Å². The number of carbonyl (C=O) groups excluding carboxylic acids is 15. The van der Waals surface area contributed by atoms with Gasteiger partial charge >= 0.3 is 11.9 Å². The maximum absolute atomic E-state index is 14.2. The molecule has 4 saturated heterocycles. The molecule has 38 nitrogen and oxygen atoms in total. The number of rotatable bonds is 39. The minimum Gasteiger partial charge on any atom is -0.508 e. The van der Waals surface area contributed by atoms with Crippen LogP contribution in [0.5, 0.6) is 5.75 Å². The summed E-state index contributed by atoms with van der Waals surface area (Å²) < 4.78 is 0. The minimum atomic E-state index is -1.94. The predicted octanol–water partition coefficient (Wildman–Crippen LogP) is -5.06. The minimum absolute atomic E-state index is 0.0204. The van der Waals surface area contributed by atoms with Gasteiger partial charge in [-0.25, -0.2) is 9.78 Å². The number of primary amides is 2. The number of phenolic OH excluding ortho intramolecular Hbond substituents is 1. The highest BCUT2D eigenvalue weighted by Gasteiger charge is 2.46. The molecule has 6 rings (SSSR count). The van der Waals surface area contributed by atoms with Crippen molar-refractivity contribution >= 4 is 101 Å². The molecule has 1 aromatic carbocycles. The van der Waals surface area contributed by atoms with E-state index in [2.05, 4.69) is 68.5 Å². The van der Waals surface area contributed by atoms with Gasteiger partial charge in [0.1, 0.15) is 78.3 Å². The summed E-state index contributed by atoms with van der Waals surface area (Å²) in [5.74, 6) is -17.2. The van der Waals surface area contributed by atoms with E-state index < -0.39 is 211 Å². The number of amides is 15. The topological polar surface area (TPSA) is 574 Å². The van der Waals surface area contributed by atoms with Crippen LogP contribution in [0, 0.1) is 11.8 Å². The first kappa shape index (κ1) is 84.1. The van der Waals surface area contributed by atoms with E-state index in [0.29, 0.717) is 57.2 Å². The van der Waals surface area contributed by atoms with Gasteiger partial charge in [0.15, 0.2) is 0 Å². The number of aromatic amines is 1. The number of nitrogens with zero attached hydrogens (tertiary/aromatic N) is 4. The third kappa shape index (κ3) is 24.7. The summed E-state index contributed by atoms with van der Waals surface area (Å²) in [6.45, 7) is 9.76. The molecule has 4 fully saturated rings. The number of likely N-dealkylation sites (tertiary alicyclic amines) is 3. The Bertz CT molecular complexity index is 3530. The molecule has 5 heterocycles. The average molecular weight is 1490 g/mol. The first-order valence-electron chi connectivity index (χ1n) is 35.6. The highest BCUT2D eigenvalue weighted by molar-refractivity contribution is 6.01. The van der Waals surface area contributed by atoms with Gasteiger partial charge in [0.2, 0.25) is 88.6 Å². The SMILES string of the molecule is CC[C@H](C)[C@H](NC(=O)[C@H](CC(C)C)NC(=O)[C@H](CCC(N)=O)NC(=O)[C@H](CC(N)=O)NC(=O)[C@H](C)NC(=O)CNC(=O)[C@H](Cc1cnc[nH]1)NC(=O)[C@H](CC(=O)O)NC(=O)[C@H](C)NC(=O)[C@H](Cc1ccc(O)cc1)NC(=O)[C@@H]1CCCN1C(=O)[C@@H]1CCCN1C(=O)[C@@H]1CCCN1)C(=O)N1CCC[C@H]1C(=O)O. The number of nitrogens with two attached hydrogens (primary N) is 2. The summed E-state index contributed by atoms with van der Waals surface area (Å²) in [6, 6.07) is -11.9. The molecular weight excluding hydrogens is 1390 g/mol. The van der Waals surface area contributed by atoms with Gasteiger partial charge in [-0.1, -0.05) is 46.2 Å². The number of hydrogen-bond acceptors (Lipinski definition) is 20. The van der Waals surface area contributed by atoms with E-state index in [9.17, 15) is 96.8 Å². The lowest BCUT2D eigenvalue weighted by Gasteiger charge is -2.32. The van der Waals surface area contributed by atoms with Crippen molar-refractivity contribution in [3.63, 3.8) is 0 Å². The molecule has 0 saturated carbocycles. The van der Waals surface area contributed by atoms with Crippen LogP contribution in [0.2, 0.25) is 0 Å². The Morgan fingerprint density at radius 2 is 1.09 bits per heavy atom. The highest BCUT2D eigenvalue weighted by atomic mass is 16.4. The number of H-pyrrole nitrogens is 1. The van der Waals surface area contributed by atoms with Crippen LogP contribution >= 0.6 is 0 Å². The van der Waals surface area contributed by atoms with Crippen LogP contribution in [0.15, 0.2) is 36.8 Å². The van der Waals surface area contributed by atoms with Crippen molar-refractivity contribution in [1.29, 1.82) is 0 Å². The fourth-order valence-corrected chi connectivity index (χ4v) is 12.9. The fraction of sp³-hybridized carbons (Fsp3) is 0.618. The van der Waals surface area contributed by atoms with Crippen molar-refractivity contribution in [2.24, 2.45) is 23.3 Å². The van der Waals surface area contributed by atoms with Gasteiger partial charge in [-0.15, -0.1) is 0 Å². The number of aromatic nitrogens is 2. The number of imidazole rings is 1. The van der Waals surface area contributed by atoms with Crippen LogP contribution < -0.4 is 70.0 Å². The molecule has 0 bridgehead atoms. The van der Waals surface area contributed by atoms with Gasteiger partial charge in [-0.05, 0) is 114 Å². The second kappa shape index (κ2) is 39.9. The van der Waals surface area contributed by atoms with Crippen LogP contribution in [0.25, 0.3) is 0 Å². The lowest BCUT2D eigenvalue weighted by atomic mass is 9.95. The third-order valence-electron chi connectivity index (χ3n) is 18.9. The average Bonchev–Trinajstić information content (AvgIpc) is 1.71. The fourth-order valence-electron chi connectivity index (χ4n) is 12.9. The lowest BCUT2D eigenvalue weighted by molar-refractivity contribution is -0.150. The number of benzene rings is 1. The molecule has 15 amide bonds. The molecule has 1 aromatic heterocycles. The zero-order valence-electron chi connectivity index (χ0n) is 60.2. The molecule has 0 aliphatic carbocycles. The molecule has 4 aliphatic rings. The first-order valence-corrected chi connectivity index (χ1v) is 35.6. The van der Waals surface area contributed by atoms with Gasteiger partial charge in [0, 0.05) is 50.8 Å². The van der Waals surface area contributed by atoms with Crippen molar-refractivity contribution in [3.8, 4) is 5.75 Å². The van der Waals surface area contributed by atoms with Crippen LogP contribution in [0.4, 0.5) is 0 Å². The molecular formula is C68H100N18O20. The van der Waals surface area contributed by atoms with Gasteiger partial charge in [-0.3, -0.25) is 76.7 Å². The molecule has 582 valence electrons. The summed E-state index contributed by atoms with van der Waals surface area (Å²) in [6.07, 6.45) is 3.11. The Balaban J connectivity index is 1.07. The van der Waals surface area contributed by atoms with Crippen LogP contribution in [-0.4, -0.2) is 252 Å². The van der Waals surface area contributed by atoms with E-state index in [1.54, 1.807) is 32.6 Å². The number of carboxylic acid groups (broad SMARTS) is 2. The Labute approximate surface area is 611 Å². The van der Waals surface area contributed by atoms with Crippen molar-refractivity contribution in [3.05, 3.63) is 48.0 Å². The maximum Gasteiger partial charge on any atom is 0.326 e. The molecule has 2 aromatic rings. The summed E-state index contributed by atoms with van der Waals surface area (Å²) >= 11 is 0. The molecule has 0 spiro atoms. The van der Waals surface area contributed by atoms with E-state index >= 15 is 0 Å². The predicted molar refractivity (Wildman–Crippen MR) is 372 cm³/mol. The van der Waals surface area contributed by atoms with Crippen LogP contribution in [0.3, 0.4) is 0 Å². The van der Waals surface area contributed by atoms with Crippen molar-refractivity contribution in [2.75, 3.05) is 32.7 Å². The first-order chi connectivity index (χ1) is 50.1. The van der Waals surface area contributed by atoms with Crippen molar-refractivity contribution in [1.82, 2.24) is 83.2 Å². The largest absolute Gasteiger partial charge is 0.508 e. The van der Waals surface area contributed by atoms with Crippen LogP contribution in [-0.2, 0) is 94.3 Å². The summed E-state index contributed by atoms with van der Waals surface area (Å²) in [4.78, 5) is 240. The quantitative estimate of drug-likeness (QED) is 0.0298. The van der Waals surface area contributed by atoms with E-state index in [0.717, 1.165) is 13.3 Å². The van der Waals surface area contributed by atoms with Crippen LogP contribution in [0.1, 0.15) is 143 Å². The van der Waals surface area contributed by atoms with E-state index in [1.165, 1.54) is 53.5 Å². The Hall–Kier alpha value is -10.8. The monoisotopic (exact) mass is 1490 g/mol. The zero-order valence-corrected chi connectivity index (χ0v) is 60.2. The Morgan fingerprint density at radius 1 is 0.557 bits per heavy atom. The summed E-state index contributed by atoms with van der Waals surface area (Å²) in [7, 11) is 0. The molecule has 0 unspecified atom stereocenters. The number of aromatic hydroxyl groups is 1. The number of carbonyl (C=O) groups is 17. The number of carboxylic acids is 2. The summed E-state index contributed by atoms with van der Waals surface area (Å²) in [5, 5.41) is 57.1. The molecule has 106 heavy (non-hydrogen) atoms. The maximum atomic E-state index is 14.2. The molecule has 19 N–H and O–H groups in total. The molecule has 4 aliphatic heterocycles. The second-order valence-electron chi connectivity index (χ2n) is 27.6. The van der Waals surface area contributed by atoms with Gasteiger partial charge in [0.05, 0.1) is 31.8 Å². The second-order valence-corrected chi connectivity index (χ2v) is 27.6. The zero-order chi connectivity index (χ0) is 78.2. The van der Waals surface area contributed by atoms with Gasteiger partial charge in [0.25, 0.3) is 0 Å². The van der Waals surface area contributed by atoms with E-state index in [-0.39, 0.29) is 68.5 Å². The van der Waals surface area contributed by atoms with E-state index in [1.807, 2.05) is 0 Å². The smallest absolute Gasteiger partial charge is 0.326 e. The lowest BCUT2D eigenvalue weighted by Crippen LogP contribution is -2.60.